The molecule has 0 aliphatic carbocycles. The molecule has 0 fully saturated rings. The molecule has 0 heterocycles. The molecule has 0 saturated carbocycles. The topological polar surface area (TPSA) is 29.1 Å². The molecular formula is C11H23NOS. The smallest absolute Gasteiger partial charge is 0.0972 e. The lowest BCUT2D eigenvalue weighted by Crippen LogP contribution is -2.42. The highest BCUT2D eigenvalue weighted by molar-refractivity contribution is 7.84. The highest BCUT2D eigenvalue weighted by Crippen LogP contribution is 2.13. The average molecular weight is 217 g/mol. The predicted octanol–water partition coefficient (Wildman–Crippen LogP) is 2.64. The van der Waals surface area contributed by atoms with Crippen LogP contribution in [-0.4, -0.2) is 15.0 Å². The molecule has 0 aromatic heterocycles. The van der Waals surface area contributed by atoms with E-state index in [2.05, 4.69) is 25.1 Å². The Morgan fingerprint density at radius 3 is 2.21 bits per heavy atom. The van der Waals surface area contributed by atoms with Crippen LogP contribution in [0.25, 0.3) is 0 Å². The first kappa shape index (κ1) is 13.8. The third-order valence-electron chi connectivity index (χ3n) is 2.04. The molecule has 14 heavy (non-hydrogen) atoms. The van der Waals surface area contributed by atoms with E-state index < -0.39 is 11.0 Å². The lowest BCUT2D eigenvalue weighted by atomic mass is 10.0. The Bertz CT molecular complexity index is 206. The predicted molar refractivity (Wildman–Crippen MR) is 64.5 cm³/mol. The van der Waals surface area contributed by atoms with Gasteiger partial charge in [-0.1, -0.05) is 19.9 Å². The Kier molecular flexibility index (Phi) is 5.60. The van der Waals surface area contributed by atoms with Gasteiger partial charge in [0, 0.05) is 6.04 Å². The molecule has 1 N–H and O–H groups in total. The molecule has 84 valence electrons. The number of nitrogens with one attached hydrogen (secondary N) is 1. The molecule has 3 heteroatoms. The summed E-state index contributed by atoms with van der Waals surface area (Å²) in [6.07, 6.45) is 2.73. The maximum absolute atomic E-state index is 11.8. The van der Waals surface area contributed by atoms with E-state index in [4.69, 9.17) is 0 Å². The van der Waals surface area contributed by atoms with Crippen molar-refractivity contribution < 1.29 is 4.21 Å². The molecule has 2 atom stereocenters. The second-order valence-corrected chi connectivity index (χ2v) is 6.87. The van der Waals surface area contributed by atoms with Gasteiger partial charge in [-0.05, 0) is 33.1 Å². The normalized spacial score (nSPS) is 16.7. The molecule has 0 spiro atoms. The molecule has 1 unspecified atom stereocenters. The van der Waals surface area contributed by atoms with Crippen molar-refractivity contribution in [3.05, 3.63) is 12.7 Å². The fourth-order valence-corrected chi connectivity index (χ4v) is 1.95. The molecule has 2 nitrogen and oxygen atoms in total. The molecule has 0 rings (SSSR count). The van der Waals surface area contributed by atoms with Gasteiger partial charge < -0.3 is 0 Å². The van der Waals surface area contributed by atoms with E-state index in [1.54, 1.807) is 0 Å². The summed E-state index contributed by atoms with van der Waals surface area (Å²) in [4.78, 5) is 0. The summed E-state index contributed by atoms with van der Waals surface area (Å²) in [5, 5.41) is 0. The van der Waals surface area contributed by atoms with Crippen molar-refractivity contribution in [1.82, 2.24) is 4.72 Å². The summed E-state index contributed by atoms with van der Waals surface area (Å²) in [7, 11) is -0.987. The third kappa shape index (κ3) is 4.91. The lowest BCUT2D eigenvalue weighted by Gasteiger charge is -2.25. The van der Waals surface area contributed by atoms with Crippen LogP contribution in [-0.2, 0) is 11.0 Å². The van der Waals surface area contributed by atoms with Crippen LogP contribution in [0.5, 0.6) is 0 Å². The number of rotatable bonds is 5. The fourth-order valence-electron chi connectivity index (χ4n) is 0.950. The quantitative estimate of drug-likeness (QED) is 0.705. The van der Waals surface area contributed by atoms with Crippen molar-refractivity contribution in [3.8, 4) is 0 Å². The summed E-state index contributed by atoms with van der Waals surface area (Å²) >= 11 is 0. The Balaban J connectivity index is 4.30. The molecular weight excluding hydrogens is 194 g/mol. The Hall–Kier alpha value is -0.150. The van der Waals surface area contributed by atoms with Crippen LogP contribution >= 0.6 is 0 Å². The van der Waals surface area contributed by atoms with Crippen LogP contribution in [0, 0.1) is 5.92 Å². The summed E-state index contributed by atoms with van der Waals surface area (Å²) in [5.41, 5.74) is 0. The SMILES string of the molecule is C=CC[C@@H](NS(=O)C(C)(C)C)C(C)C. The Morgan fingerprint density at radius 1 is 1.43 bits per heavy atom. The van der Waals surface area contributed by atoms with E-state index in [-0.39, 0.29) is 10.8 Å². The first-order valence-corrected chi connectivity index (χ1v) is 6.23. The van der Waals surface area contributed by atoms with E-state index >= 15 is 0 Å². The molecule has 0 bridgehead atoms. The van der Waals surface area contributed by atoms with Crippen molar-refractivity contribution in [3.63, 3.8) is 0 Å². The van der Waals surface area contributed by atoms with E-state index in [0.29, 0.717) is 5.92 Å². The summed E-state index contributed by atoms with van der Waals surface area (Å²) in [6, 6.07) is 0.257. The third-order valence-corrected chi connectivity index (χ3v) is 3.67. The van der Waals surface area contributed by atoms with Crippen molar-refractivity contribution >= 4 is 11.0 Å². The summed E-state index contributed by atoms with van der Waals surface area (Å²) < 4.78 is 14.8. The molecule has 0 radical (unpaired) electrons. The minimum absolute atomic E-state index is 0.200. The van der Waals surface area contributed by atoms with Gasteiger partial charge in [-0.15, -0.1) is 6.58 Å². The summed E-state index contributed by atoms with van der Waals surface area (Å²) in [6.45, 7) is 13.9. The van der Waals surface area contributed by atoms with Gasteiger partial charge in [0.1, 0.15) is 0 Å². The van der Waals surface area contributed by atoms with Crippen LogP contribution in [0.2, 0.25) is 0 Å². The van der Waals surface area contributed by atoms with Crippen molar-refractivity contribution in [2.24, 2.45) is 5.92 Å². The van der Waals surface area contributed by atoms with Gasteiger partial charge >= 0.3 is 0 Å². The Labute approximate surface area is 90.8 Å². The van der Waals surface area contributed by atoms with Crippen LogP contribution in [0.1, 0.15) is 41.0 Å². The average Bonchev–Trinajstić information content (AvgIpc) is 2.01. The van der Waals surface area contributed by atoms with Gasteiger partial charge in [0.15, 0.2) is 0 Å². The van der Waals surface area contributed by atoms with Crippen molar-refractivity contribution in [2.45, 2.75) is 51.8 Å². The highest BCUT2D eigenvalue weighted by Gasteiger charge is 2.23. The lowest BCUT2D eigenvalue weighted by molar-refractivity contribution is 0.460. The van der Waals surface area contributed by atoms with E-state index in [9.17, 15) is 4.21 Å². The molecule has 0 aliphatic heterocycles. The van der Waals surface area contributed by atoms with Crippen LogP contribution in [0.4, 0.5) is 0 Å². The molecule has 0 aromatic carbocycles. The first-order valence-electron chi connectivity index (χ1n) is 5.08. The minimum atomic E-state index is -0.987. The number of hydrogen-bond donors (Lipinski definition) is 1. The maximum Gasteiger partial charge on any atom is 0.0972 e. The second kappa shape index (κ2) is 5.66. The van der Waals surface area contributed by atoms with E-state index in [1.807, 2.05) is 26.8 Å². The van der Waals surface area contributed by atoms with Crippen LogP contribution in [0.3, 0.4) is 0 Å². The molecule has 0 aliphatic rings. The van der Waals surface area contributed by atoms with Crippen LogP contribution in [0.15, 0.2) is 12.7 Å². The molecule has 0 aromatic rings. The second-order valence-electron chi connectivity index (χ2n) is 4.87. The molecule has 0 saturated heterocycles. The van der Waals surface area contributed by atoms with E-state index in [0.717, 1.165) is 6.42 Å². The molecule has 0 amide bonds. The number of hydrogen-bond acceptors (Lipinski definition) is 1. The minimum Gasteiger partial charge on any atom is -0.242 e. The van der Waals surface area contributed by atoms with Crippen LogP contribution < -0.4 is 4.72 Å². The van der Waals surface area contributed by atoms with Gasteiger partial charge in [0.2, 0.25) is 0 Å². The van der Waals surface area contributed by atoms with Gasteiger partial charge in [-0.25, -0.2) is 8.93 Å². The zero-order valence-corrected chi connectivity index (χ0v) is 10.8. The Morgan fingerprint density at radius 2 is 1.93 bits per heavy atom. The zero-order chi connectivity index (χ0) is 11.4. The monoisotopic (exact) mass is 217 g/mol. The largest absolute Gasteiger partial charge is 0.242 e. The van der Waals surface area contributed by atoms with Gasteiger partial charge in [-0.3, -0.25) is 0 Å². The summed E-state index contributed by atoms with van der Waals surface area (Å²) in [5.74, 6) is 0.472. The maximum atomic E-state index is 11.8. The van der Waals surface area contributed by atoms with Gasteiger partial charge in [0.25, 0.3) is 0 Å². The standard InChI is InChI=1S/C11H23NOS/c1-7-8-10(9(2)3)12-14(13)11(4,5)6/h7,9-10,12H,1,8H2,2-6H3/t10-,14?/m1/s1. The highest BCUT2D eigenvalue weighted by atomic mass is 32.2. The van der Waals surface area contributed by atoms with E-state index in [1.165, 1.54) is 0 Å². The van der Waals surface area contributed by atoms with Gasteiger partial charge in [-0.2, -0.15) is 0 Å². The first-order chi connectivity index (χ1) is 6.29. The van der Waals surface area contributed by atoms with Crippen molar-refractivity contribution in [2.75, 3.05) is 0 Å². The fraction of sp³-hybridized carbons (Fsp3) is 0.818. The zero-order valence-electron chi connectivity index (χ0n) is 9.96. The van der Waals surface area contributed by atoms with Gasteiger partial charge in [0.05, 0.1) is 15.7 Å². The van der Waals surface area contributed by atoms with Crippen molar-refractivity contribution in [1.29, 1.82) is 0 Å².